The van der Waals surface area contributed by atoms with E-state index in [0.29, 0.717) is 0 Å². The first-order chi connectivity index (χ1) is 1.73. The fourth-order valence-electron chi connectivity index (χ4n) is 0. The Kier molecular flexibility index (Phi) is 24.9. The second-order valence-electron chi connectivity index (χ2n) is 0.346. The van der Waals surface area contributed by atoms with Crippen LogP contribution in [-0.2, 0) is 17.1 Å². The molecule has 0 heterocycles. The molecule has 0 aliphatic carbocycles. The van der Waals surface area contributed by atoms with Gasteiger partial charge in [-0.05, 0) is 0 Å². The normalized spacial score (nSPS) is 4.50. The van der Waals surface area contributed by atoms with Gasteiger partial charge in [-0.3, -0.25) is 0 Å². The Hall–Kier alpha value is 1.23. The number of rotatable bonds is 0. The maximum absolute atomic E-state index is 7.17. The first kappa shape index (κ1) is 15.7. The zero-order valence-corrected chi connectivity index (χ0v) is 3.48. The van der Waals surface area contributed by atoms with E-state index in [1.165, 1.54) is 0 Å². The van der Waals surface area contributed by atoms with Gasteiger partial charge in [0.1, 0.15) is 0 Å². The van der Waals surface area contributed by atoms with E-state index in [-0.39, 0.29) is 40.1 Å². The molecular weight excluding hydrogens is 138 g/mol. The molecule has 1 radical (unpaired) electrons. The van der Waals surface area contributed by atoms with Gasteiger partial charge in [0.2, 0.25) is 0 Å². The summed E-state index contributed by atoms with van der Waals surface area (Å²) in [7, 11) is -2.17. The molecule has 0 aliphatic rings. The van der Waals surface area contributed by atoms with Gasteiger partial charge in [0.25, 0.3) is 0 Å². The van der Waals surface area contributed by atoms with E-state index >= 15 is 0 Å². The van der Waals surface area contributed by atoms with E-state index in [1.807, 2.05) is 0 Å². The Morgan fingerprint density at radius 3 is 1.00 bits per heavy atom. The molecule has 0 saturated heterocycles. The van der Waals surface area contributed by atoms with Crippen LogP contribution in [0.2, 0.25) is 0 Å². The van der Waals surface area contributed by atoms with E-state index in [2.05, 4.69) is 0 Å². The minimum atomic E-state index is -2.17. The monoisotopic (exact) mass is 143 g/mol. The Bertz CT molecular complexity index is 15.5. The first-order valence-corrected chi connectivity index (χ1v) is 0.775. The average molecular weight is 143 g/mol. The quantitative estimate of drug-likeness (QED) is 0.317. The summed E-state index contributed by atoms with van der Waals surface area (Å²) in [6.45, 7) is 0. The Labute approximate surface area is 62.6 Å². The molecule has 0 aromatic heterocycles. The van der Waals surface area contributed by atoms with Gasteiger partial charge >= 0.3 is 30.4 Å². The molecule has 0 bridgehead atoms. The van der Waals surface area contributed by atoms with E-state index < -0.39 is 7.32 Å². The third-order valence-electron chi connectivity index (χ3n) is 0. The van der Waals surface area contributed by atoms with E-state index in [9.17, 15) is 0 Å². The molecule has 3 N–H and O–H groups in total. The van der Waals surface area contributed by atoms with Crippen LogP contribution in [0.4, 0.5) is 0 Å². The van der Waals surface area contributed by atoms with Crippen LogP contribution in [0.1, 0.15) is 0 Å². The SMILES string of the molecule is OB(O)O.[MgH2].[Mn]. The van der Waals surface area contributed by atoms with Crippen LogP contribution in [-0.4, -0.2) is 45.4 Å². The van der Waals surface area contributed by atoms with Gasteiger partial charge in [0, 0.05) is 17.1 Å². The van der Waals surface area contributed by atoms with Gasteiger partial charge in [-0.15, -0.1) is 0 Å². The van der Waals surface area contributed by atoms with Gasteiger partial charge in [0.05, 0.1) is 0 Å². The molecule has 0 aromatic rings. The number of hydrogen-bond acceptors (Lipinski definition) is 3. The van der Waals surface area contributed by atoms with Crippen LogP contribution in [0, 0.1) is 0 Å². The molecule has 6 heteroatoms. The second kappa shape index (κ2) is 9.52. The molecule has 0 atom stereocenters. The second-order valence-corrected chi connectivity index (χ2v) is 0.346. The minimum absolute atomic E-state index is 0. The summed E-state index contributed by atoms with van der Waals surface area (Å²) < 4.78 is 0. The predicted molar refractivity (Wildman–Crippen MR) is 21.0 cm³/mol. The van der Waals surface area contributed by atoms with Crippen molar-refractivity contribution in [3.63, 3.8) is 0 Å². The van der Waals surface area contributed by atoms with Crippen molar-refractivity contribution in [3.8, 4) is 0 Å². The Morgan fingerprint density at radius 2 is 1.00 bits per heavy atom. The number of hydrogen-bond donors (Lipinski definition) is 3. The first-order valence-electron chi connectivity index (χ1n) is 0.775. The topological polar surface area (TPSA) is 60.7 Å². The van der Waals surface area contributed by atoms with Crippen molar-refractivity contribution < 1.29 is 32.1 Å². The van der Waals surface area contributed by atoms with Gasteiger partial charge in [-0.25, -0.2) is 0 Å². The standard InChI is InChI=1S/BH3O3.Mg.Mn.2H/c2-1(3)4;;;;/h2-4H;;;;. The summed E-state index contributed by atoms with van der Waals surface area (Å²) in [4.78, 5) is 0. The Balaban J connectivity index is -0.0000000450. The van der Waals surface area contributed by atoms with E-state index in [1.54, 1.807) is 0 Å². The maximum Gasteiger partial charge on any atom is 0.631 e. The zero-order chi connectivity index (χ0) is 3.58. The summed E-state index contributed by atoms with van der Waals surface area (Å²) in [5.41, 5.74) is 0. The summed E-state index contributed by atoms with van der Waals surface area (Å²) in [5.74, 6) is 0. The van der Waals surface area contributed by atoms with Crippen molar-refractivity contribution in [2.45, 2.75) is 0 Å². The molecule has 0 amide bonds. The van der Waals surface area contributed by atoms with Crippen LogP contribution in [0.15, 0.2) is 0 Å². The van der Waals surface area contributed by atoms with Gasteiger partial charge < -0.3 is 15.1 Å². The van der Waals surface area contributed by atoms with Crippen LogP contribution < -0.4 is 0 Å². The predicted octanol–water partition coefficient (Wildman–Crippen LogP) is -2.97. The van der Waals surface area contributed by atoms with Gasteiger partial charge in [-0.1, -0.05) is 0 Å². The molecule has 6 heavy (non-hydrogen) atoms. The van der Waals surface area contributed by atoms with Crippen molar-refractivity contribution >= 4 is 30.4 Å². The van der Waals surface area contributed by atoms with E-state index in [4.69, 9.17) is 15.1 Å². The molecule has 0 fully saturated rings. The summed E-state index contributed by atoms with van der Waals surface area (Å²) in [6, 6.07) is 0. The summed E-state index contributed by atoms with van der Waals surface area (Å²) >= 11 is 0. The molecular formula is H5BMgMnO3. The van der Waals surface area contributed by atoms with Crippen LogP contribution >= 0.6 is 0 Å². The van der Waals surface area contributed by atoms with Crippen LogP contribution in [0.5, 0.6) is 0 Å². The Morgan fingerprint density at radius 1 is 1.00 bits per heavy atom. The largest absolute Gasteiger partial charge is 0.631 e. The molecule has 0 aromatic carbocycles. The summed E-state index contributed by atoms with van der Waals surface area (Å²) in [5, 5.41) is 21.5. The van der Waals surface area contributed by atoms with Gasteiger partial charge in [0.15, 0.2) is 0 Å². The zero-order valence-electron chi connectivity index (χ0n) is 2.30. The van der Waals surface area contributed by atoms with Crippen molar-refractivity contribution in [1.82, 2.24) is 0 Å². The fourth-order valence-corrected chi connectivity index (χ4v) is 0. The van der Waals surface area contributed by atoms with Crippen LogP contribution in [0.25, 0.3) is 0 Å². The van der Waals surface area contributed by atoms with Crippen molar-refractivity contribution in [1.29, 1.82) is 0 Å². The molecule has 3 nitrogen and oxygen atoms in total. The minimum Gasteiger partial charge on any atom is -0.402 e. The third-order valence-corrected chi connectivity index (χ3v) is 0. The van der Waals surface area contributed by atoms with Crippen LogP contribution in [0.3, 0.4) is 0 Å². The molecule has 0 spiro atoms. The van der Waals surface area contributed by atoms with Gasteiger partial charge in [-0.2, -0.15) is 0 Å². The van der Waals surface area contributed by atoms with Crippen molar-refractivity contribution in [3.05, 3.63) is 0 Å². The maximum atomic E-state index is 7.17. The van der Waals surface area contributed by atoms with E-state index in [0.717, 1.165) is 0 Å². The van der Waals surface area contributed by atoms with Crippen molar-refractivity contribution in [2.75, 3.05) is 0 Å². The average Bonchev–Trinajstić information content (AvgIpc) is 0.811. The molecule has 35 valence electrons. The molecule has 0 rings (SSSR count). The fraction of sp³-hybridized carbons (Fsp3) is 0. The summed E-state index contributed by atoms with van der Waals surface area (Å²) in [6.07, 6.45) is 0. The molecule has 0 unspecified atom stereocenters. The molecule has 0 saturated carbocycles. The third kappa shape index (κ3) is 61.8. The smallest absolute Gasteiger partial charge is 0.402 e. The molecule has 0 aliphatic heterocycles. The van der Waals surface area contributed by atoms with Crippen molar-refractivity contribution in [2.24, 2.45) is 0 Å².